The number of hydrogen-bond donors (Lipinski definition) is 2. The van der Waals surface area contributed by atoms with Crippen molar-refractivity contribution in [2.45, 2.75) is 0 Å². The van der Waals surface area contributed by atoms with Gasteiger partial charge in [0.2, 0.25) is 0 Å². The lowest BCUT2D eigenvalue weighted by molar-refractivity contribution is 0.415. The average molecular weight is 215 g/mol. The van der Waals surface area contributed by atoms with Crippen LogP contribution in [-0.4, -0.2) is 12.2 Å². The van der Waals surface area contributed by atoms with Crippen molar-refractivity contribution in [3.63, 3.8) is 0 Å². The zero-order chi connectivity index (χ0) is 11.5. The molecule has 0 radical (unpaired) electrons. The molecule has 0 atom stereocenters. The molecular weight excluding hydrogens is 202 g/mol. The maximum absolute atomic E-state index is 9.53. The number of hydrogen-bond acceptors (Lipinski definition) is 3. The van der Waals surface area contributed by atoms with Gasteiger partial charge in [-0.2, -0.15) is 0 Å². The van der Waals surface area contributed by atoms with E-state index in [9.17, 15) is 5.11 Å². The number of anilines is 1. The van der Waals surface area contributed by atoms with Crippen molar-refractivity contribution in [1.29, 1.82) is 0 Å². The number of rotatable bonds is 2. The number of methoxy groups -OCH3 is 1. The molecule has 0 heterocycles. The average Bonchev–Trinajstić information content (AvgIpc) is 2.33. The van der Waals surface area contributed by atoms with Gasteiger partial charge in [-0.15, -0.1) is 0 Å². The van der Waals surface area contributed by atoms with Crippen LogP contribution in [-0.2, 0) is 0 Å². The standard InChI is InChI=1S/C13H13NO2/c1-16-11-4-2-3-9(7-11)10-5-6-12(14)13(15)8-10/h2-8,15H,14H2,1H3. The van der Waals surface area contributed by atoms with E-state index in [0.717, 1.165) is 16.9 Å². The van der Waals surface area contributed by atoms with Gasteiger partial charge in [-0.25, -0.2) is 0 Å². The SMILES string of the molecule is COc1cccc(-c2ccc(N)c(O)c2)c1. The predicted molar refractivity (Wildman–Crippen MR) is 64.5 cm³/mol. The summed E-state index contributed by atoms with van der Waals surface area (Å²) in [7, 11) is 1.62. The first kappa shape index (κ1) is 10.4. The Morgan fingerprint density at radius 2 is 1.81 bits per heavy atom. The molecule has 0 spiro atoms. The van der Waals surface area contributed by atoms with E-state index in [-0.39, 0.29) is 5.75 Å². The van der Waals surface area contributed by atoms with Crippen LogP contribution in [0, 0.1) is 0 Å². The zero-order valence-corrected chi connectivity index (χ0v) is 8.97. The molecule has 2 aromatic rings. The van der Waals surface area contributed by atoms with Crippen molar-refractivity contribution >= 4 is 5.69 Å². The third-order valence-electron chi connectivity index (χ3n) is 2.43. The molecule has 0 unspecified atom stereocenters. The van der Waals surface area contributed by atoms with E-state index in [2.05, 4.69) is 0 Å². The lowest BCUT2D eigenvalue weighted by Gasteiger charge is -2.06. The van der Waals surface area contributed by atoms with Crippen molar-refractivity contribution in [3.05, 3.63) is 42.5 Å². The van der Waals surface area contributed by atoms with Gasteiger partial charge in [0, 0.05) is 0 Å². The highest BCUT2D eigenvalue weighted by atomic mass is 16.5. The van der Waals surface area contributed by atoms with Crippen molar-refractivity contribution in [2.75, 3.05) is 12.8 Å². The van der Waals surface area contributed by atoms with E-state index in [1.165, 1.54) is 0 Å². The minimum atomic E-state index is 0.0975. The Kier molecular flexibility index (Phi) is 2.68. The molecule has 0 fully saturated rings. The van der Waals surface area contributed by atoms with Crippen LogP contribution < -0.4 is 10.5 Å². The molecule has 2 rings (SSSR count). The second-order valence-electron chi connectivity index (χ2n) is 3.51. The second kappa shape index (κ2) is 4.14. The summed E-state index contributed by atoms with van der Waals surface area (Å²) in [6.07, 6.45) is 0. The summed E-state index contributed by atoms with van der Waals surface area (Å²) in [6, 6.07) is 12.8. The number of ether oxygens (including phenoxy) is 1. The van der Waals surface area contributed by atoms with Crippen LogP contribution in [0.5, 0.6) is 11.5 Å². The smallest absolute Gasteiger partial charge is 0.139 e. The quantitative estimate of drug-likeness (QED) is 0.598. The summed E-state index contributed by atoms with van der Waals surface area (Å²) >= 11 is 0. The van der Waals surface area contributed by atoms with Gasteiger partial charge in [-0.1, -0.05) is 18.2 Å². The van der Waals surface area contributed by atoms with E-state index < -0.39 is 0 Å². The van der Waals surface area contributed by atoms with Crippen LogP contribution >= 0.6 is 0 Å². The van der Waals surface area contributed by atoms with Gasteiger partial charge in [0.05, 0.1) is 12.8 Å². The molecule has 0 aliphatic heterocycles. The highest BCUT2D eigenvalue weighted by Crippen LogP contribution is 2.29. The third kappa shape index (κ3) is 1.93. The summed E-state index contributed by atoms with van der Waals surface area (Å²) in [5, 5.41) is 9.53. The molecule has 82 valence electrons. The van der Waals surface area contributed by atoms with Gasteiger partial charge in [-0.3, -0.25) is 0 Å². The minimum absolute atomic E-state index is 0.0975. The summed E-state index contributed by atoms with van der Waals surface area (Å²) in [4.78, 5) is 0. The Balaban J connectivity index is 2.46. The fraction of sp³-hybridized carbons (Fsp3) is 0.0769. The Labute approximate surface area is 94.1 Å². The molecule has 0 aliphatic rings. The summed E-state index contributed by atoms with van der Waals surface area (Å²) in [5.41, 5.74) is 7.82. The van der Waals surface area contributed by atoms with Gasteiger partial charge >= 0.3 is 0 Å². The summed E-state index contributed by atoms with van der Waals surface area (Å²) in [6.45, 7) is 0. The first-order chi connectivity index (χ1) is 7.70. The lowest BCUT2D eigenvalue weighted by atomic mass is 10.0. The Morgan fingerprint density at radius 1 is 1.06 bits per heavy atom. The summed E-state index contributed by atoms with van der Waals surface area (Å²) in [5.74, 6) is 0.883. The zero-order valence-electron chi connectivity index (χ0n) is 8.97. The Bertz CT molecular complexity index is 509. The topological polar surface area (TPSA) is 55.5 Å². The molecule has 16 heavy (non-hydrogen) atoms. The van der Waals surface area contributed by atoms with E-state index in [4.69, 9.17) is 10.5 Å². The van der Waals surface area contributed by atoms with Gasteiger partial charge in [0.25, 0.3) is 0 Å². The number of phenols is 1. The predicted octanol–water partition coefficient (Wildman–Crippen LogP) is 2.65. The van der Waals surface area contributed by atoms with Crippen LogP contribution in [0.4, 0.5) is 5.69 Å². The number of phenolic OH excluding ortho intramolecular Hbond substituents is 1. The normalized spacial score (nSPS) is 10.1. The maximum atomic E-state index is 9.53. The van der Waals surface area contributed by atoms with E-state index in [1.54, 1.807) is 19.2 Å². The van der Waals surface area contributed by atoms with Crippen molar-refractivity contribution in [2.24, 2.45) is 0 Å². The molecule has 2 aromatic carbocycles. The fourth-order valence-corrected chi connectivity index (χ4v) is 1.53. The first-order valence-corrected chi connectivity index (χ1v) is 4.93. The lowest BCUT2D eigenvalue weighted by Crippen LogP contribution is -1.87. The Morgan fingerprint density at radius 3 is 2.50 bits per heavy atom. The highest BCUT2D eigenvalue weighted by molar-refractivity contribution is 5.70. The summed E-state index contributed by atoms with van der Waals surface area (Å²) < 4.78 is 5.14. The molecular formula is C13H13NO2. The van der Waals surface area contributed by atoms with Gasteiger partial charge in [0.15, 0.2) is 0 Å². The molecule has 3 heteroatoms. The fourth-order valence-electron chi connectivity index (χ4n) is 1.53. The van der Waals surface area contributed by atoms with Gasteiger partial charge in [0.1, 0.15) is 11.5 Å². The number of nitrogens with two attached hydrogens (primary N) is 1. The van der Waals surface area contributed by atoms with Crippen molar-refractivity contribution in [1.82, 2.24) is 0 Å². The molecule has 3 nitrogen and oxygen atoms in total. The molecule has 0 saturated heterocycles. The number of nitrogen functional groups attached to an aromatic ring is 1. The van der Waals surface area contributed by atoms with Gasteiger partial charge in [-0.05, 0) is 35.4 Å². The molecule has 0 aliphatic carbocycles. The number of benzene rings is 2. The van der Waals surface area contributed by atoms with Crippen molar-refractivity contribution < 1.29 is 9.84 Å². The molecule has 0 saturated carbocycles. The maximum Gasteiger partial charge on any atom is 0.139 e. The molecule has 0 aromatic heterocycles. The van der Waals surface area contributed by atoms with E-state index >= 15 is 0 Å². The van der Waals surface area contributed by atoms with Crippen LogP contribution in [0.2, 0.25) is 0 Å². The Hall–Kier alpha value is -2.16. The monoisotopic (exact) mass is 215 g/mol. The third-order valence-corrected chi connectivity index (χ3v) is 2.43. The highest BCUT2D eigenvalue weighted by Gasteiger charge is 2.02. The molecule has 3 N–H and O–H groups in total. The van der Waals surface area contributed by atoms with Gasteiger partial charge < -0.3 is 15.6 Å². The number of aromatic hydroxyl groups is 1. The van der Waals surface area contributed by atoms with Crippen LogP contribution in [0.25, 0.3) is 11.1 Å². The molecule has 0 bridgehead atoms. The van der Waals surface area contributed by atoms with E-state index in [0.29, 0.717) is 5.69 Å². The van der Waals surface area contributed by atoms with E-state index in [1.807, 2.05) is 30.3 Å². The second-order valence-corrected chi connectivity index (χ2v) is 3.51. The largest absolute Gasteiger partial charge is 0.506 e. The van der Waals surface area contributed by atoms with Crippen LogP contribution in [0.3, 0.4) is 0 Å². The first-order valence-electron chi connectivity index (χ1n) is 4.93. The van der Waals surface area contributed by atoms with Crippen LogP contribution in [0.15, 0.2) is 42.5 Å². The van der Waals surface area contributed by atoms with Crippen LogP contribution in [0.1, 0.15) is 0 Å². The van der Waals surface area contributed by atoms with Crippen molar-refractivity contribution in [3.8, 4) is 22.6 Å². The minimum Gasteiger partial charge on any atom is -0.506 e. The molecule has 0 amide bonds.